The largest absolute Gasteiger partial charge is 0.378 e. The Bertz CT molecular complexity index is 761. The Balaban J connectivity index is 2.35. The molecule has 2 aromatic carbocycles. The van der Waals surface area contributed by atoms with Crippen molar-refractivity contribution in [3.05, 3.63) is 52.5 Å². The van der Waals surface area contributed by atoms with Gasteiger partial charge in [-0.25, -0.2) is 8.42 Å². The van der Waals surface area contributed by atoms with Crippen molar-refractivity contribution in [2.45, 2.75) is 4.90 Å². The number of nitrogens with zero attached hydrogens (tertiary/aromatic N) is 1. The highest BCUT2D eigenvalue weighted by Gasteiger charge is 2.18. The second-order valence-corrected chi connectivity index (χ2v) is 7.12. The predicted molar refractivity (Wildman–Crippen MR) is 88.0 cm³/mol. The Kier molecular flexibility index (Phi) is 4.66. The molecule has 0 aliphatic carbocycles. The van der Waals surface area contributed by atoms with Gasteiger partial charge in [0.2, 0.25) is 0 Å². The van der Waals surface area contributed by atoms with Crippen LogP contribution in [0.25, 0.3) is 0 Å². The molecule has 0 heterocycles. The molecule has 7 heteroatoms. The third-order valence-electron chi connectivity index (χ3n) is 2.80. The van der Waals surface area contributed by atoms with E-state index in [1.807, 2.05) is 25.1 Å². The molecule has 0 amide bonds. The van der Waals surface area contributed by atoms with Gasteiger partial charge in [-0.2, -0.15) is 0 Å². The molecule has 0 saturated carbocycles. The summed E-state index contributed by atoms with van der Waals surface area (Å²) in [6.45, 7) is 0. The highest BCUT2D eigenvalue weighted by atomic mass is 35.5. The minimum absolute atomic E-state index is 0.0103. The molecule has 0 aromatic heterocycles. The van der Waals surface area contributed by atoms with Crippen LogP contribution in [0.3, 0.4) is 0 Å². The monoisotopic (exact) mass is 344 g/mol. The fourth-order valence-corrected chi connectivity index (χ4v) is 3.57. The van der Waals surface area contributed by atoms with E-state index in [9.17, 15) is 8.42 Å². The molecule has 0 unspecified atom stereocenters. The van der Waals surface area contributed by atoms with E-state index in [0.717, 1.165) is 5.69 Å². The number of hydrogen-bond donors (Lipinski definition) is 1. The van der Waals surface area contributed by atoms with Crippen molar-refractivity contribution in [2.24, 2.45) is 0 Å². The third kappa shape index (κ3) is 3.81. The van der Waals surface area contributed by atoms with Crippen LogP contribution in [0.2, 0.25) is 10.0 Å². The molecular formula is C14H14Cl2N2O2S. The van der Waals surface area contributed by atoms with Crippen molar-refractivity contribution in [1.29, 1.82) is 0 Å². The highest BCUT2D eigenvalue weighted by molar-refractivity contribution is 7.92. The van der Waals surface area contributed by atoms with E-state index < -0.39 is 10.0 Å². The van der Waals surface area contributed by atoms with Gasteiger partial charge in [-0.15, -0.1) is 0 Å². The number of benzene rings is 2. The first-order chi connectivity index (χ1) is 9.79. The summed E-state index contributed by atoms with van der Waals surface area (Å²) in [5.41, 5.74) is 1.35. The molecule has 0 spiro atoms. The van der Waals surface area contributed by atoms with Gasteiger partial charge in [-0.1, -0.05) is 29.3 Å². The zero-order valence-electron chi connectivity index (χ0n) is 11.5. The maximum absolute atomic E-state index is 12.4. The molecule has 2 aromatic rings. The van der Waals surface area contributed by atoms with Gasteiger partial charge in [0.15, 0.2) is 0 Å². The normalized spacial score (nSPS) is 11.2. The van der Waals surface area contributed by atoms with Gasteiger partial charge >= 0.3 is 0 Å². The van der Waals surface area contributed by atoms with Crippen molar-refractivity contribution in [3.8, 4) is 0 Å². The minimum atomic E-state index is -3.76. The van der Waals surface area contributed by atoms with Gasteiger partial charge in [-0.3, -0.25) is 4.72 Å². The second-order valence-electron chi connectivity index (χ2n) is 4.62. The fraction of sp³-hybridized carbons (Fsp3) is 0.143. The van der Waals surface area contributed by atoms with Gasteiger partial charge in [0.1, 0.15) is 4.90 Å². The van der Waals surface area contributed by atoms with Gasteiger partial charge in [0, 0.05) is 24.8 Å². The first-order valence-electron chi connectivity index (χ1n) is 6.05. The van der Waals surface area contributed by atoms with Crippen LogP contribution in [-0.2, 0) is 10.0 Å². The topological polar surface area (TPSA) is 49.4 Å². The first kappa shape index (κ1) is 15.9. The lowest BCUT2D eigenvalue weighted by Crippen LogP contribution is -2.14. The SMILES string of the molecule is CN(C)c1cccc(NS(=O)(=O)c2ccc(Cl)cc2Cl)c1. The van der Waals surface area contributed by atoms with Crippen LogP contribution >= 0.6 is 23.2 Å². The standard InChI is InChI=1S/C14H14Cl2N2O2S/c1-18(2)12-5-3-4-11(9-12)17-21(19,20)14-7-6-10(15)8-13(14)16/h3-9,17H,1-2H3. The average molecular weight is 345 g/mol. The van der Waals surface area contributed by atoms with Gasteiger partial charge in [-0.05, 0) is 36.4 Å². The van der Waals surface area contributed by atoms with E-state index in [1.54, 1.807) is 18.2 Å². The second kappa shape index (κ2) is 6.13. The van der Waals surface area contributed by atoms with Gasteiger partial charge in [0.25, 0.3) is 10.0 Å². The molecule has 0 bridgehead atoms. The average Bonchev–Trinajstić information content (AvgIpc) is 2.37. The van der Waals surface area contributed by atoms with E-state index in [2.05, 4.69) is 4.72 Å². The highest BCUT2D eigenvalue weighted by Crippen LogP contribution is 2.27. The Labute approximate surface area is 134 Å². The number of hydrogen-bond acceptors (Lipinski definition) is 3. The van der Waals surface area contributed by atoms with Crippen molar-refractivity contribution in [2.75, 3.05) is 23.7 Å². The molecule has 0 radical (unpaired) electrons. The van der Waals surface area contributed by atoms with Crippen LogP contribution in [0, 0.1) is 0 Å². The Hall–Kier alpha value is -1.43. The van der Waals surface area contributed by atoms with E-state index in [0.29, 0.717) is 10.7 Å². The van der Waals surface area contributed by atoms with Crippen LogP contribution in [0.1, 0.15) is 0 Å². The third-order valence-corrected chi connectivity index (χ3v) is 4.90. The molecule has 1 N–H and O–H groups in total. The lowest BCUT2D eigenvalue weighted by atomic mass is 10.3. The Morgan fingerprint density at radius 2 is 1.76 bits per heavy atom. The van der Waals surface area contributed by atoms with Crippen LogP contribution < -0.4 is 9.62 Å². The number of anilines is 2. The zero-order valence-corrected chi connectivity index (χ0v) is 13.8. The molecule has 21 heavy (non-hydrogen) atoms. The van der Waals surface area contributed by atoms with Crippen molar-refractivity contribution in [1.82, 2.24) is 0 Å². The summed E-state index contributed by atoms with van der Waals surface area (Å²) in [4.78, 5) is 1.87. The van der Waals surface area contributed by atoms with Crippen molar-refractivity contribution < 1.29 is 8.42 Å². The molecule has 0 aliphatic heterocycles. The van der Waals surface area contributed by atoms with Gasteiger partial charge < -0.3 is 4.90 Å². The Morgan fingerprint density at radius 1 is 1.05 bits per heavy atom. The maximum atomic E-state index is 12.4. The first-order valence-corrected chi connectivity index (χ1v) is 8.29. The van der Waals surface area contributed by atoms with Crippen LogP contribution in [0.4, 0.5) is 11.4 Å². The molecule has 0 saturated heterocycles. The summed E-state index contributed by atoms with van der Waals surface area (Å²) in [6, 6.07) is 11.3. The summed E-state index contributed by atoms with van der Waals surface area (Å²) in [7, 11) is -0.00503. The molecule has 2 rings (SSSR count). The number of halogens is 2. The van der Waals surface area contributed by atoms with Crippen LogP contribution in [-0.4, -0.2) is 22.5 Å². The smallest absolute Gasteiger partial charge is 0.263 e. The number of nitrogens with one attached hydrogen (secondary N) is 1. The molecule has 112 valence electrons. The lowest BCUT2D eigenvalue weighted by Gasteiger charge is -2.15. The summed E-state index contributed by atoms with van der Waals surface area (Å²) in [5, 5.41) is 0.465. The molecule has 0 aliphatic rings. The summed E-state index contributed by atoms with van der Waals surface area (Å²) in [6.07, 6.45) is 0. The van der Waals surface area contributed by atoms with E-state index in [4.69, 9.17) is 23.2 Å². The van der Waals surface area contributed by atoms with Crippen molar-refractivity contribution in [3.63, 3.8) is 0 Å². The predicted octanol–water partition coefficient (Wildman–Crippen LogP) is 3.86. The minimum Gasteiger partial charge on any atom is -0.378 e. The van der Waals surface area contributed by atoms with Gasteiger partial charge in [0.05, 0.1) is 10.7 Å². The quantitative estimate of drug-likeness (QED) is 0.915. The van der Waals surface area contributed by atoms with E-state index >= 15 is 0 Å². The summed E-state index contributed by atoms with van der Waals surface area (Å²) >= 11 is 11.7. The lowest BCUT2D eigenvalue weighted by molar-refractivity contribution is 0.601. The number of sulfonamides is 1. The Morgan fingerprint density at radius 3 is 2.38 bits per heavy atom. The molecule has 4 nitrogen and oxygen atoms in total. The van der Waals surface area contributed by atoms with E-state index in [-0.39, 0.29) is 9.92 Å². The van der Waals surface area contributed by atoms with E-state index in [1.165, 1.54) is 18.2 Å². The summed E-state index contributed by atoms with van der Waals surface area (Å²) < 4.78 is 27.2. The zero-order chi connectivity index (χ0) is 15.6. The fourth-order valence-electron chi connectivity index (χ4n) is 1.75. The number of rotatable bonds is 4. The molecule has 0 atom stereocenters. The molecule has 0 fully saturated rings. The van der Waals surface area contributed by atoms with Crippen LogP contribution in [0.5, 0.6) is 0 Å². The summed E-state index contributed by atoms with van der Waals surface area (Å²) in [5.74, 6) is 0. The van der Waals surface area contributed by atoms with Crippen molar-refractivity contribution >= 4 is 44.6 Å². The van der Waals surface area contributed by atoms with Crippen LogP contribution in [0.15, 0.2) is 47.4 Å². The maximum Gasteiger partial charge on any atom is 0.263 e. The molecular weight excluding hydrogens is 331 g/mol.